The molecule has 0 atom stereocenters. The van der Waals surface area contributed by atoms with Crippen LogP contribution in [0.25, 0.3) is 0 Å². The van der Waals surface area contributed by atoms with Crippen molar-refractivity contribution in [2.75, 3.05) is 0 Å². The molecule has 0 aliphatic rings. The van der Waals surface area contributed by atoms with Crippen molar-refractivity contribution in [3.8, 4) is 6.07 Å². The number of nitriles is 1. The van der Waals surface area contributed by atoms with Gasteiger partial charge in [-0.05, 0) is 24.3 Å². The molecule has 1 N–H and O–H groups in total. The number of nitrogens with zero attached hydrogens (tertiary/aromatic N) is 1. The monoisotopic (exact) mass is 187 g/mol. The van der Waals surface area contributed by atoms with Crippen molar-refractivity contribution < 1.29 is 62.7 Å². The van der Waals surface area contributed by atoms with Crippen LogP contribution in [0.1, 0.15) is 17.3 Å². The molecule has 1 rings (SSSR count). The molecule has 0 saturated carbocycles. The van der Waals surface area contributed by atoms with E-state index >= 15 is 0 Å². The van der Waals surface area contributed by atoms with Crippen molar-refractivity contribution in [2.24, 2.45) is 0 Å². The SMILES string of the molecule is N#Cc1ccc(C(=O)O)cc1.[H-].[K+]. The van der Waals surface area contributed by atoms with Crippen LogP contribution in [0.5, 0.6) is 0 Å². The van der Waals surface area contributed by atoms with Gasteiger partial charge in [0.2, 0.25) is 0 Å². The maximum absolute atomic E-state index is 10.3. The molecule has 0 spiro atoms. The molecule has 4 heteroatoms. The predicted octanol–water partition coefficient (Wildman–Crippen LogP) is -1.63. The van der Waals surface area contributed by atoms with Crippen LogP contribution in [0.3, 0.4) is 0 Å². The summed E-state index contributed by atoms with van der Waals surface area (Å²) in [6, 6.07) is 7.66. The van der Waals surface area contributed by atoms with Gasteiger partial charge in [-0.1, -0.05) is 0 Å². The van der Waals surface area contributed by atoms with Crippen LogP contribution in [-0.4, -0.2) is 11.1 Å². The minimum Gasteiger partial charge on any atom is -1.00 e. The third-order valence-corrected chi connectivity index (χ3v) is 1.26. The van der Waals surface area contributed by atoms with E-state index in [0.717, 1.165) is 0 Å². The third-order valence-electron chi connectivity index (χ3n) is 1.26. The van der Waals surface area contributed by atoms with E-state index in [4.69, 9.17) is 10.4 Å². The summed E-state index contributed by atoms with van der Waals surface area (Å²) in [5, 5.41) is 16.8. The molecule has 0 aliphatic heterocycles. The number of hydrogen-bond acceptors (Lipinski definition) is 2. The van der Waals surface area contributed by atoms with Crippen molar-refractivity contribution in [2.45, 2.75) is 0 Å². The maximum Gasteiger partial charge on any atom is 1.00 e. The second-order valence-corrected chi connectivity index (χ2v) is 1.99. The van der Waals surface area contributed by atoms with Crippen LogP contribution in [0.2, 0.25) is 0 Å². The Labute approximate surface area is 114 Å². The van der Waals surface area contributed by atoms with Crippen LogP contribution in [-0.2, 0) is 0 Å². The summed E-state index contributed by atoms with van der Waals surface area (Å²) in [4.78, 5) is 10.3. The number of carboxylic acid groups (broad SMARTS) is 1. The van der Waals surface area contributed by atoms with E-state index in [9.17, 15) is 4.79 Å². The number of benzene rings is 1. The standard InChI is InChI=1S/C8H5NO2.K.H/c9-5-6-1-3-7(4-2-6)8(10)11;;/h1-4H,(H,10,11);;/q;+1;-1. The third kappa shape index (κ3) is 3.05. The Bertz CT molecular complexity index is 318. The number of aromatic carboxylic acids is 1. The Kier molecular flexibility index (Phi) is 5.38. The Morgan fingerprint density at radius 2 is 1.92 bits per heavy atom. The van der Waals surface area contributed by atoms with Gasteiger partial charge >= 0.3 is 57.4 Å². The number of rotatable bonds is 1. The first kappa shape index (κ1) is 11.8. The average molecular weight is 187 g/mol. The summed E-state index contributed by atoms with van der Waals surface area (Å²) in [6.45, 7) is 0. The molecule has 3 nitrogen and oxygen atoms in total. The zero-order chi connectivity index (χ0) is 8.27. The second kappa shape index (κ2) is 5.46. The molecule has 56 valence electrons. The summed E-state index contributed by atoms with van der Waals surface area (Å²) >= 11 is 0. The molecule has 0 bridgehead atoms. The first-order chi connectivity index (χ1) is 5.24. The largest absolute Gasteiger partial charge is 1.00 e. The molecule has 1 aromatic rings. The number of carboxylic acids is 1. The summed E-state index contributed by atoms with van der Waals surface area (Å²) in [7, 11) is 0. The topological polar surface area (TPSA) is 61.1 Å². The maximum atomic E-state index is 10.3. The van der Waals surface area contributed by atoms with E-state index < -0.39 is 5.97 Å². The van der Waals surface area contributed by atoms with Gasteiger partial charge in [-0.3, -0.25) is 0 Å². The summed E-state index contributed by atoms with van der Waals surface area (Å²) in [5.41, 5.74) is 0.666. The Morgan fingerprint density at radius 1 is 1.42 bits per heavy atom. The Hall–Kier alpha value is -0.184. The number of carbonyl (C=O) groups is 1. The van der Waals surface area contributed by atoms with Gasteiger partial charge in [0, 0.05) is 0 Å². The van der Waals surface area contributed by atoms with E-state index in [1.54, 1.807) is 0 Å². The number of hydrogen-bond donors (Lipinski definition) is 1. The molecule has 0 unspecified atom stereocenters. The molecule has 0 amide bonds. The van der Waals surface area contributed by atoms with Crippen molar-refractivity contribution in [3.05, 3.63) is 35.4 Å². The summed E-state index contributed by atoms with van der Waals surface area (Å²) in [6.07, 6.45) is 0. The molecule has 0 radical (unpaired) electrons. The predicted molar refractivity (Wildman–Crippen MR) is 39.2 cm³/mol. The smallest absolute Gasteiger partial charge is 1.00 e. The first-order valence-corrected chi connectivity index (χ1v) is 2.97. The van der Waals surface area contributed by atoms with Crippen molar-refractivity contribution in [1.29, 1.82) is 5.26 Å². The molecule has 0 heterocycles. The van der Waals surface area contributed by atoms with Crippen molar-refractivity contribution in [3.63, 3.8) is 0 Å². The van der Waals surface area contributed by atoms with E-state index in [0.29, 0.717) is 5.56 Å². The minimum atomic E-state index is -0.977. The molecular weight excluding hydrogens is 181 g/mol. The normalized spacial score (nSPS) is 7.92. The van der Waals surface area contributed by atoms with E-state index in [1.165, 1.54) is 24.3 Å². The molecule has 1 aromatic carbocycles. The summed E-state index contributed by atoms with van der Waals surface area (Å²) in [5.74, 6) is -0.977. The minimum absolute atomic E-state index is 0. The molecule has 12 heavy (non-hydrogen) atoms. The molecule has 0 saturated heterocycles. The van der Waals surface area contributed by atoms with Gasteiger partial charge in [0.1, 0.15) is 0 Å². The van der Waals surface area contributed by atoms with Gasteiger partial charge in [-0.25, -0.2) is 4.79 Å². The first-order valence-electron chi connectivity index (χ1n) is 2.97. The van der Waals surface area contributed by atoms with Gasteiger partial charge < -0.3 is 6.53 Å². The fourth-order valence-electron chi connectivity index (χ4n) is 0.687. The fourth-order valence-corrected chi connectivity index (χ4v) is 0.687. The van der Waals surface area contributed by atoms with Gasteiger partial charge in [0.05, 0.1) is 17.2 Å². The molecular formula is C8H6KNO2. The molecule has 0 aliphatic carbocycles. The van der Waals surface area contributed by atoms with Gasteiger partial charge in [-0.15, -0.1) is 0 Å². The van der Waals surface area contributed by atoms with Crippen LogP contribution in [0, 0.1) is 11.3 Å². The van der Waals surface area contributed by atoms with Crippen LogP contribution < -0.4 is 51.4 Å². The van der Waals surface area contributed by atoms with Gasteiger partial charge in [0.25, 0.3) is 0 Å². The summed E-state index contributed by atoms with van der Waals surface area (Å²) < 4.78 is 0. The van der Waals surface area contributed by atoms with Gasteiger partial charge in [0.15, 0.2) is 0 Å². The molecule has 0 fully saturated rings. The zero-order valence-electron chi connectivity index (χ0n) is 7.61. The Balaban J connectivity index is 0. The van der Waals surface area contributed by atoms with Crippen LogP contribution in [0.4, 0.5) is 0 Å². The fraction of sp³-hybridized carbons (Fsp3) is 0. The van der Waals surface area contributed by atoms with Crippen LogP contribution in [0.15, 0.2) is 24.3 Å². The van der Waals surface area contributed by atoms with E-state index in [-0.39, 0.29) is 58.4 Å². The van der Waals surface area contributed by atoms with Crippen molar-refractivity contribution >= 4 is 5.97 Å². The van der Waals surface area contributed by atoms with E-state index in [1.807, 2.05) is 6.07 Å². The molecule has 0 aromatic heterocycles. The van der Waals surface area contributed by atoms with Crippen molar-refractivity contribution in [1.82, 2.24) is 0 Å². The van der Waals surface area contributed by atoms with E-state index in [2.05, 4.69) is 0 Å². The Morgan fingerprint density at radius 3 is 2.25 bits per heavy atom. The average Bonchev–Trinajstić information content (AvgIpc) is 2.05. The van der Waals surface area contributed by atoms with Gasteiger partial charge in [-0.2, -0.15) is 5.26 Å². The second-order valence-electron chi connectivity index (χ2n) is 1.99. The quantitative estimate of drug-likeness (QED) is 0.537. The zero-order valence-corrected chi connectivity index (χ0v) is 9.74. The van der Waals surface area contributed by atoms with Crippen LogP contribution >= 0.6 is 0 Å².